The van der Waals surface area contributed by atoms with Gasteiger partial charge in [0.05, 0.1) is 23.5 Å². The van der Waals surface area contributed by atoms with Gasteiger partial charge in [0.15, 0.2) is 0 Å². The Hall–Kier alpha value is -0.230. The van der Waals surface area contributed by atoms with Crippen molar-refractivity contribution in [3.05, 3.63) is 0 Å². The highest BCUT2D eigenvalue weighted by atomic mass is 32.2. The molecule has 0 unspecified atom stereocenters. The molecule has 0 aromatic carbocycles. The molecule has 0 aromatic rings. The second kappa shape index (κ2) is 3.41. The van der Waals surface area contributed by atoms with Crippen LogP contribution in [0.15, 0.2) is 0 Å². The van der Waals surface area contributed by atoms with Crippen molar-refractivity contribution in [2.45, 2.75) is 25.7 Å². The van der Waals surface area contributed by atoms with Crippen molar-refractivity contribution < 1.29 is 22.3 Å². The molecule has 1 aliphatic heterocycles. The highest BCUT2D eigenvalue weighted by molar-refractivity contribution is 7.91. The van der Waals surface area contributed by atoms with E-state index in [1.54, 1.807) is 0 Å². The van der Waals surface area contributed by atoms with E-state index >= 15 is 0 Å². The van der Waals surface area contributed by atoms with Crippen molar-refractivity contribution in [2.75, 3.05) is 18.1 Å². The Morgan fingerprint density at radius 3 is 2.07 bits per heavy atom. The Labute approximate surface area is 82.0 Å². The highest BCUT2D eigenvalue weighted by Gasteiger charge is 2.52. The smallest absolute Gasteiger partial charge is 0.253 e. The van der Waals surface area contributed by atoms with Crippen LogP contribution in [-0.4, -0.2) is 37.6 Å². The first-order chi connectivity index (χ1) is 6.22. The van der Waals surface area contributed by atoms with E-state index in [1.165, 1.54) is 0 Å². The molecule has 0 amide bonds. The Balaban J connectivity index is 2.87. The monoisotopic (exact) mass is 228 g/mol. The summed E-state index contributed by atoms with van der Waals surface area (Å²) in [6, 6.07) is 0. The molecular weight excluding hydrogens is 214 g/mol. The van der Waals surface area contributed by atoms with E-state index < -0.39 is 27.8 Å². The quantitative estimate of drug-likeness (QED) is 0.761. The summed E-state index contributed by atoms with van der Waals surface area (Å²) in [6.45, 7) is 0.0766. The minimum atomic E-state index is -3.17. The summed E-state index contributed by atoms with van der Waals surface area (Å²) < 4.78 is 48.4. The Bertz CT molecular complexity index is 291. The second-order valence-electron chi connectivity index (χ2n) is 3.98. The van der Waals surface area contributed by atoms with E-state index in [4.69, 9.17) is 5.11 Å². The summed E-state index contributed by atoms with van der Waals surface area (Å²) in [4.78, 5) is 0. The normalized spacial score (nSPS) is 26.0. The lowest BCUT2D eigenvalue weighted by atomic mass is 9.77. The van der Waals surface area contributed by atoms with Gasteiger partial charge in [-0.2, -0.15) is 0 Å². The van der Waals surface area contributed by atoms with Crippen molar-refractivity contribution in [1.82, 2.24) is 0 Å². The molecule has 0 spiro atoms. The first kappa shape index (κ1) is 11.8. The molecule has 1 N–H and O–H groups in total. The number of alkyl halides is 2. The summed E-state index contributed by atoms with van der Waals surface area (Å²) in [6.07, 6.45) is -0.315. The lowest BCUT2D eigenvalue weighted by molar-refractivity contribution is -0.134. The van der Waals surface area contributed by atoms with Crippen LogP contribution in [0.5, 0.6) is 0 Å². The van der Waals surface area contributed by atoms with Crippen LogP contribution in [0.2, 0.25) is 0 Å². The van der Waals surface area contributed by atoms with Gasteiger partial charge in [0.2, 0.25) is 0 Å². The van der Waals surface area contributed by atoms with Gasteiger partial charge in [-0.25, -0.2) is 17.2 Å². The van der Waals surface area contributed by atoms with E-state index in [0.717, 1.165) is 6.92 Å². The molecule has 0 atom stereocenters. The topological polar surface area (TPSA) is 54.4 Å². The number of sulfone groups is 1. The van der Waals surface area contributed by atoms with Gasteiger partial charge in [-0.1, -0.05) is 0 Å². The predicted molar refractivity (Wildman–Crippen MR) is 48.0 cm³/mol. The third-order valence-corrected chi connectivity index (χ3v) is 4.67. The van der Waals surface area contributed by atoms with E-state index in [0.29, 0.717) is 0 Å². The summed E-state index contributed by atoms with van der Waals surface area (Å²) in [5, 5.41) is 8.97. The molecule has 1 saturated heterocycles. The number of hydrogen-bond donors (Lipinski definition) is 1. The zero-order chi connectivity index (χ0) is 11.0. The Morgan fingerprint density at radius 1 is 1.36 bits per heavy atom. The third kappa shape index (κ3) is 2.06. The van der Waals surface area contributed by atoms with Crippen LogP contribution >= 0.6 is 0 Å². The second-order valence-corrected chi connectivity index (χ2v) is 6.28. The molecule has 6 heteroatoms. The van der Waals surface area contributed by atoms with Gasteiger partial charge in [-0.05, 0) is 19.8 Å². The maximum atomic E-state index is 13.2. The van der Waals surface area contributed by atoms with E-state index in [-0.39, 0.29) is 24.3 Å². The SMILES string of the molecule is CC(F)(F)C1(CO)CCS(=O)(=O)CC1. The number of rotatable bonds is 2. The zero-order valence-corrected chi connectivity index (χ0v) is 8.78. The fraction of sp³-hybridized carbons (Fsp3) is 1.00. The van der Waals surface area contributed by atoms with Crippen molar-refractivity contribution in [2.24, 2.45) is 5.41 Å². The molecule has 1 heterocycles. The average molecular weight is 228 g/mol. The molecular formula is C8H14F2O3S. The Kier molecular flexibility index (Phi) is 2.89. The summed E-state index contributed by atoms with van der Waals surface area (Å²) in [5.74, 6) is -3.54. The van der Waals surface area contributed by atoms with Crippen molar-refractivity contribution in [3.8, 4) is 0 Å². The maximum absolute atomic E-state index is 13.2. The molecule has 0 radical (unpaired) electrons. The molecule has 3 nitrogen and oxygen atoms in total. The van der Waals surface area contributed by atoms with Crippen molar-refractivity contribution in [3.63, 3.8) is 0 Å². The van der Waals surface area contributed by atoms with Crippen LogP contribution in [0.4, 0.5) is 8.78 Å². The zero-order valence-electron chi connectivity index (χ0n) is 7.96. The van der Waals surface area contributed by atoms with Crippen LogP contribution in [-0.2, 0) is 9.84 Å². The van der Waals surface area contributed by atoms with Gasteiger partial charge in [0.1, 0.15) is 9.84 Å². The van der Waals surface area contributed by atoms with Gasteiger partial charge in [-0.3, -0.25) is 0 Å². The first-order valence-electron chi connectivity index (χ1n) is 4.42. The van der Waals surface area contributed by atoms with Crippen molar-refractivity contribution >= 4 is 9.84 Å². The van der Waals surface area contributed by atoms with E-state index in [1.807, 2.05) is 0 Å². The summed E-state index contributed by atoms with van der Waals surface area (Å²) >= 11 is 0. The summed E-state index contributed by atoms with van der Waals surface area (Å²) in [5.41, 5.74) is -1.54. The van der Waals surface area contributed by atoms with Crippen LogP contribution in [0, 0.1) is 5.41 Å². The molecule has 14 heavy (non-hydrogen) atoms. The lowest BCUT2D eigenvalue weighted by Crippen LogP contribution is -2.47. The molecule has 1 fully saturated rings. The summed E-state index contributed by atoms with van der Waals surface area (Å²) in [7, 11) is -3.17. The van der Waals surface area contributed by atoms with Gasteiger partial charge in [0, 0.05) is 0 Å². The first-order valence-corrected chi connectivity index (χ1v) is 6.24. The fourth-order valence-corrected chi connectivity index (χ4v) is 3.27. The van der Waals surface area contributed by atoms with Gasteiger partial charge < -0.3 is 5.11 Å². The number of halogens is 2. The van der Waals surface area contributed by atoms with Gasteiger partial charge in [-0.15, -0.1) is 0 Å². The number of hydrogen-bond acceptors (Lipinski definition) is 3. The highest BCUT2D eigenvalue weighted by Crippen LogP contribution is 2.45. The third-order valence-electron chi connectivity index (χ3n) is 3.02. The van der Waals surface area contributed by atoms with E-state index in [2.05, 4.69) is 0 Å². The molecule has 0 bridgehead atoms. The largest absolute Gasteiger partial charge is 0.396 e. The van der Waals surface area contributed by atoms with Gasteiger partial charge >= 0.3 is 0 Å². The molecule has 0 saturated carbocycles. The van der Waals surface area contributed by atoms with Crippen LogP contribution < -0.4 is 0 Å². The fourth-order valence-electron chi connectivity index (χ4n) is 1.66. The van der Waals surface area contributed by atoms with Crippen LogP contribution in [0.3, 0.4) is 0 Å². The lowest BCUT2D eigenvalue weighted by Gasteiger charge is -2.39. The minimum Gasteiger partial charge on any atom is -0.396 e. The number of aliphatic hydroxyl groups is 1. The van der Waals surface area contributed by atoms with Gasteiger partial charge in [0.25, 0.3) is 5.92 Å². The van der Waals surface area contributed by atoms with Crippen molar-refractivity contribution in [1.29, 1.82) is 0 Å². The maximum Gasteiger partial charge on any atom is 0.253 e. The predicted octanol–water partition coefficient (Wildman–Crippen LogP) is 0.829. The number of aliphatic hydroxyl groups excluding tert-OH is 1. The molecule has 0 aromatic heterocycles. The Morgan fingerprint density at radius 2 is 1.79 bits per heavy atom. The molecule has 1 aliphatic rings. The van der Waals surface area contributed by atoms with Crippen LogP contribution in [0.1, 0.15) is 19.8 Å². The minimum absolute atomic E-state index is 0.157. The molecule has 1 rings (SSSR count). The van der Waals surface area contributed by atoms with Crippen LogP contribution in [0.25, 0.3) is 0 Å². The standard InChI is InChI=1S/C8H14F2O3S/c1-7(9,10)8(6-11)2-4-14(12,13)5-3-8/h11H,2-6H2,1H3. The molecule has 84 valence electrons. The average Bonchev–Trinajstić information content (AvgIpc) is 2.03. The molecule has 0 aliphatic carbocycles. The van der Waals surface area contributed by atoms with E-state index in [9.17, 15) is 17.2 Å².